The lowest BCUT2D eigenvalue weighted by molar-refractivity contribution is -0.0391. The molecule has 1 atom stereocenters. The summed E-state index contributed by atoms with van der Waals surface area (Å²) in [5.74, 6) is -0.120. The van der Waals surface area contributed by atoms with E-state index in [0.717, 1.165) is 12.8 Å². The molecule has 0 spiro atoms. The zero-order valence-electron chi connectivity index (χ0n) is 3.36. The molecule has 1 aliphatic rings. The predicted octanol–water partition coefficient (Wildman–Crippen LogP) is 1.12. The molecule has 1 radical (unpaired) electrons. The van der Waals surface area contributed by atoms with Crippen LogP contribution in [0.5, 0.6) is 0 Å². The van der Waals surface area contributed by atoms with Crippen molar-refractivity contribution in [3.63, 3.8) is 0 Å². The Morgan fingerprint density at radius 3 is 2.17 bits per heavy atom. The molecule has 0 saturated heterocycles. The Morgan fingerprint density at radius 1 is 1.67 bits per heavy atom. The van der Waals surface area contributed by atoms with Gasteiger partial charge in [0.05, 0.1) is 0 Å². The van der Waals surface area contributed by atoms with Gasteiger partial charge in [0.15, 0.2) is 0 Å². The van der Waals surface area contributed by atoms with Crippen LogP contribution in [0.25, 0.3) is 0 Å². The zero-order valence-corrected chi connectivity index (χ0v) is 3.36. The first-order valence-corrected chi connectivity index (χ1v) is 2.10. The molecule has 0 aliphatic heterocycles. The standard InChI is InChI=1S/C4H6FO/c5-4(6)3-1-2-3/h3-4H,1-2H2. The number of halogens is 1. The van der Waals surface area contributed by atoms with Gasteiger partial charge in [0.25, 0.3) is 0 Å². The van der Waals surface area contributed by atoms with Crippen molar-refractivity contribution < 1.29 is 9.50 Å². The first-order valence-electron chi connectivity index (χ1n) is 2.10. The summed E-state index contributed by atoms with van der Waals surface area (Å²) >= 11 is 0. The lowest BCUT2D eigenvalue weighted by atomic mass is 10.4. The first-order chi connectivity index (χ1) is 2.80. The second kappa shape index (κ2) is 1.19. The maximum absolute atomic E-state index is 11.3. The topological polar surface area (TPSA) is 19.9 Å². The van der Waals surface area contributed by atoms with Crippen molar-refractivity contribution in [3.05, 3.63) is 0 Å². The van der Waals surface area contributed by atoms with Crippen molar-refractivity contribution in [3.8, 4) is 0 Å². The second-order valence-corrected chi connectivity index (χ2v) is 1.69. The average Bonchev–Trinajstić information content (AvgIpc) is 2.06. The number of alkyl halides is 1. The molecule has 1 unspecified atom stereocenters. The molecule has 2 heteroatoms. The van der Waals surface area contributed by atoms with E-state index in [-0.39, 0.29) is 5.92 Å². The third-order valence-corrected chi connectivity index (χ3v) is 0.993. The van der Waals surface area contributed by atoms with E-state index in [4.69, 9.17) is 0 Å². The molecule has 1 rings (SSSR count). The molecule has 0 aromatic carbocycles. The minimum atomic E-state index is -1.79. The maximum Gasteiger partial charge on any atom is 0.234 e. The van der Waals surface area contributed by atoms with E-state index < -0.39 is 6.36 Å². The average molecular weight is 89.1 g/mol. The number of rotatable bonds is 1. The van der Waals surface area contributed by atoms with Crippen molar-refractivity contribution in [1.29, 1.82) is 0 Å². The Labute approximate surface area is 35.8 Å². The monoisotopic (exact) mass is 89.0 g/mol. The fourth-order valence-electron chi connectivity index (χ4n) is 0.358. The second-order valence-electron chi connectivity index (χ2n) is 1.69. The fraction of sp³-hybridized carbons (Fsp3) is 1.00. The van der Waals surface area contributed by atoms with Crippen LogP contribution >= 0.6 is 0 Å². The van der Waals surface area contributed by atoms with E-state index in [9.17, 15) is 9.50 Å². The third-order valence-electron chi connectivity index (χ3n) is 0.993. The zero-order chi connectivity index (χ0) is 4.57. The lowest BCUT2D eigenvalue weighted by Gasteiger charge is -1.85. The first kappa shape index (κ1) is 4.06. The van der Waals surface area contributed by atoms with Crippen LogP contribution in [-0.2, 0) is 5.11 Å². The van der Waals surface area contributed by atoms with Gasteiger partial charge in [-0.15, -0.1) is 0 Å². The summed E-state index contributed by atoms with van der Waals surface area (Å²) in [4.78, 5) is 0. The molecular weight excluding hydrogens is 83.0 g/mol. The summed E-state index contributed by atoms with van der Waals surface area (Å²) in [5, 5.41) is 9.62. The van der Waals surface area contributed by atoms with E-state index in [2.05, 4.69) is 0 Å². The quantitative estimate of drug-likeness (QED) is 0.458. The summed E-state index contributed by atoms with van der Waals surface area (Å²) in [6.45, 7) is 0. The molecule has 0 aromatic rings. The molecule has 1 fully saturated rings. The highest BCUT2D eigenvalue weighted by atomic mass is 19.1. The molecule has 0 N–H and O–H groups in total. The molecule has 6 heavy (non-hydrogen) atoms. The fourth-order valence-corrected chi connectivity index (χ4v) is 0.358. The minimum Gasteiger partial charge on any atom is -0.213 e. The van der Waals surface area contributed by atoms with Crippen LogP contribution in [0.2, 0.25) is 0 Å². The summed E-state index contributed by atoms with van der Waals surface area (Å²) < 4.78 is 11.3. The normalized spacial score (nSPS) is 27.0. The minimum absolute atomic E-state index is 0.120. The van der Waals surface area contributed by atoms with Crippen LogP contribution in [0.4, 0.5) is 4.39 Å². The van der Waals surface area contributed by atoms with Crippen LogP contribution in [0.15, 0.2) is 0 Å². The largest absolute Gasteiger partial charge is 0.234 e. The molecule has 0 heterocycles. The van der Waals surface area contributed by atoms with Crippen LogP contribution in [0.1, 0.15) is 12.8 Å². The van der Waals surface area contributed by atoms with Crippen LogP contribution in [0.3, 0.4) is 0 Å². The molecule has 1 saturated carbocycles. The lowest BCUT2D eigenvalue weighted by Crippen LogP contribution is -1.94. The van der Waals surface area contributed by atoms with Crippen molar-refractivity contribution in [1.82, 2.24) is 0 Å². The SMILES string of the molecule is [O]C(F)C1CC1. The summed E-state index contributed by atoms with van der Waals surface area (Å²) in [7, 11) is 0. The van der Waals surface area contributed by atoms with Gasteiger partial charge in [-0.3, -0.25) is 0 Å². The van der Waals surface area contributed by atoms with Crippen molar-refractivity contribution >= 4 is 0 Å². The van der Waals surface area contributed by atoms with Crippen LogP contribution in [-0.4, -0.2) is 6.36 Å². The van der Waals surface area contributed by atoms with Gasteiger partial charge in [-0.1, -0.05) is 0 Å². The number of hydrogen-bond acceptors (Lipinski definition) is 0. The summed E-state index contributed by atoms with van der Waals surface area (Å²) in [6, 6.07) is 0. The van der Waals surface area contributed by atoms with Crippen molar-refractivity contribution in [2.24, 2.45) is 5.92 Å². The van der Waals surface area contributed by atoms with Gasteiger partial charge in [-0.25, -0.2) is 4.39 Å². The van der Waals surface area contributed by atoms with E-state index in [1.165, 1.54) is 0 Å². The Balaban J connectivity index is 2.13. The highest BCUT2D eigenvalue weighted by Gasteiger charge is 2.30. The predicted molar refractivity (Wildman–Crippen MR) is 18.3 cm³/mol. The third kappa shape index (κ3) is 0.684. The van der Waals surface area contributed by atoms with Gasteiger partial charge in [-0.2, -0.15) is 5.11 Å². The van der Waals surface area contributed by atoms with E-state index in [1.807, 2.05) is 0 Å². The molecule has 0 amide bonds. The highest BCUT2D eigenvalue weighted by Crippen LogP contribution is 2.33. The molecule has 1 nitrogen and oxygen atoms in total. The Bertz CT molecular complexity index is 49.5. The van der Waals surface area contributed by atoms with Gasteiger partial charge >= 0.3 is 0 Å². The summed E-state index contributed by atoms with van der Waals surface area (Å²) in [6.07, 6.45) is -0.167. The van der Waals surface area contributed by atoms with Gasteiger partial charge < -0.3 is 0 Å². The van der Waals surface area contributed by atoms with Gasteiger partial charge in [0.1, 0.15) is 0 Å². The molecule has 0 aromatic heterocycles. The van der Waals surface area contributed by atoms with Gasteiger partial charge in [0.2, 0.25) is 6.36 Å². The van der Waals surface area contributed by atoms with E-state index in [0.29, 0.717) is 0 Å². The maximum atomic E-state index is 11.3. The number of hydrogen-bond donors (Lipinski definition) is 0. The van der Waals surface area contributed by atoms with E-state index >= 15 is 0 Å². The van der Waals surface area contributed by atoms with Gasteiger partial charge in [0, 0.05) is 5.92 Å². The molecular formula is C4H6FO. The molecule has 35 valence electrons. The summed E-state index contributed by atoms with van der Waals surface area (Å²) in [5.41, 5.74) is 0. The van der Waals surface area contributed by atoms with Gasteiger partial charge in [-0.05, 0) is 12.8 Å². The van der Waals surface area contributed by atoms with E-state index in [1.54, 1.807) is 0 Å². The molecule has 0 bridgehead atoms. The van der Waals surface area contributed by atoms with Crippen LogP contribution < -0.4 is 0 Å². The van der Waals surface area contributed by atoms with Crippen molar-refractivity contribution in [2.75, 3.05) is 0 Å². The van der Waals surface area contributed by atoms with Crippen molar-refractivity contribution in [2.45, 2.75) is 19.2 Å². The molecule has 1 aliphatic carbocycles. The van der Waals surface area contributed by atoms with Crippen LogP contribution in [0, 0.1) is 5.92 Å². The smallest absolute Gasteiger partial charge is 0.213 e. The Hall–Kier alpha value is -0.110. The Morgan fingerprint density at radius 2 is 2.17 bits per heavy atom. The Kier molecular flexibility index (Phi) is 0.804. The highest BCUT2D eigenvalue weighted by molar-refractivity contribution is 4.74.